The highest BCUT2D eigenvalue weighted by atomic mass is 15.4. The third kappa shape index (κ3) is 2.55. The predicted octanol–water partition coefficient (Wildman–Crippen LogP) is 3.17. The minimum atomic E-state index is 0.901. The summed E-state index contributed by atoms with van der Waals surface area (Å²) < 4.78 is 1.82. The molecule has 0 bridgehead atoms. The van der Waals surface area contributed by atoms with Crippen LogP contribution in [-0.4, -0.2) is 15.0 Å². The van der Waals surface area contributed by atoms with E-state index < -0.39 is 0 Å². The number of aromatic nitrogens is 3. The van der Waals surface area contributed by atoms with Crippen LogP contribution in [0.1, 0.15) is 16.7 Å². The third-order valence-corrected chi connectivity index (χ3v) is 3.14. The van der Waals surface area contributed by atoms with Gasteiger partial charge in [-0.25, -0.2) is 4.68 Å². The summed E-state index contributed by atoms with van der Waals surface area (Å²) in [5.41, 5.74) is 4.91. The molecule has 1 aromatic heterocycles. The summed E-state index contributed by atoms with van der Waals surface area (Å²) in [6.07, 6.45) is 4.48. The first kappa shape index (κ1) is 11.7. The largest absolute Gasteiger partial charge is 0.220 e. The van der Waals surface area contributed by atoms with Crippen LogP contribution >= 0.6 is 0 Å². The third-order valence-electron chi connectivity index (χ3n) is 3.14. The predicted molar refractivity (Wildman–Crippen MR) is 75.3 cm³/mol. The molecule has 94 valence electrons. The molecule has 3 aromatic rings. The molecule has 0 saturated carbocycles. The second kappa shape index (κ2) is 5.06. The van der Waals surface area contributed by atoms with Crippen LogP contribution in [0.2, 0.25) is 0 Å². The van der Waals surface area contributed by atoms with Crippen molar-refractivity contribution in [1.29, 1.82) is 0 Å². The lowest BCUT2D eigenvalue weighted by Gasteiger charge is -2.10. The van der Waals surface area contributed by atoms with Gasteiger partial charge in [-0.15, -0.1) is 5.10 Å². The van der Waals surface area contributed by atoms with E-state index in [1.165, 1.54) is 16.7 Å². The molecule has 3 rings (SSSR count). The minimum Gasteiger partial charge on any atom is -0.220 e. The summed E-state index contributed by atoms with van der Waals surface area (Å²) >= 11 is 0. The van der Waals surface area contributed by atoms with E-state index in [1.807, 2.05) is 16.9 Å². The number of nitrogens with zero attached hydrogens (tertiary/aromatic N) is 3. The van der Waals surface area contributed by atoms with Gasteiger partial charge in [-0.3, -0.25) is 0 Å². The van der Waals surface area contributed by atoms with Gasteiger partial charge in [0.25, 0.3) is 0 Å². The molecule has 0 N–H and O–H groups in total. The zero-order valence-corrected chi connectivity index (χ0v) is 10.8. The first-order valence-corrected chi connectivity index (χ1v) is 6.33. The fourth-order valence-corrected chi connectivity index (χ4v) is 2.23. The van der Waals surface area contributed by atoms with Gasteiger partial charge in [-0.1, -0.05) is 53.2 Å². The van der Waals surface area contributed by atoms with Gasteiger partial charge in [0.15, 0.2) is 0 Å². The number of hydrogen-bond donors (Lipinski definition) is 0. The maximum absolute atomic E-state index is 4.09. The highest BCUT2D eigenvalue weighted by molar-refractivity contribution is 5.45. The zero-order chi connectivity index (χ0) is 13.1. The van der Waals surface area contributed by atoms with E-state index in [-0.39, 0.29) is 0 Å². The van der Waals surface area contributed by atoms with Crippen LogP contribution in [-0.2, 0) is 6.42 Å². The van der Waals surface area contributed by atoms with E-state index in [9.17, 15) is 0 Å². The van der Waals surface area contributed by atoms with Crippen molar-refractivity contribution >= 4 is 0 Å². The number of hydrogen-bond acceptors (Lipinski definition) is 2. The summed E-state index contributed by atoms with van der Waals surface area (Å²) in [7, 11) is 0. The van der Waals surface area contributed by atoms with Crippen LogP contribution < -0.4 is 0 Å². The van der Waals surface area contributed by atoms with Gasteiger partial charge in [-0.2, -0.15) is 0 Å². The Hall–Kier alpha value is -2.42. The maximum Gasteiger partial charge on any atom is 0.0699 e. The molecular formula is C16H15N3. The first-order valence-electron chi connectivity index (χ1n) is 6.33. The monoisotopic (exact) mass is 249 g/mol. The Bertz CT molecular complexity index is 658. The lowest BCUT2D eigenvalue weighted by atomic mass is 10.0. The van der Waals surface area contributed by atoms with E-state index >= 15 is 0 Å². The van der Waals surface area contributed by atoms with Crippen molar-refractivity contribution in [3.05, 3.63) is 77.6 Å². The van der Waals surface area contributed by atoms with Crippen LogP contribution in [0.5, 0.6) is 0 Å². The molecule has 0 unspecified atom stereocenters. The quantitative estimate of drug-likeness (QED) is 0.713. The lowest BCUT2D eigenvalue weighted by molar-refractivity contribution is 0.794. The summed E-state index contributed by atoms with van der Waals surface area (Å²) in [4.78, 5) is 0. The molecule has 19 heavy (non-hydrogen) atoms. The Morgan fingerprint density at radius 2 is 1.89 bits per heavy atom. The Labute approximate surface area is 112 Å². The van der Waals surface area contributed by atoms with Gasteiger partial charge in [0.2, 0.25) is 0 Å². The fourth-order valence-electron chi connectivity index (χ4n) is 2.23. The fraction of sp³-hybridized carbons (Fsp3) is 0.125. The second-order valence-electron chi connectivity index (χ2n) is 4.64. The molecule has 0 saturated heterocycles. The Morgan fingerprint density at radius 3 is 2.63 bits per heavy atom. The molecule has 1 heterocycles. The summed E-state index contributed by atoms with van der Waals surface area (Å²) in [5.74, 6) is 0. The van der Waals surface area contributed by atoms with Crippen LogP contribution in [0.4, 0.5) is 0 Å². The number of rotatable bonds is 3. The smallest absolute Gasteiger partial charge is 0.0699 e. The molecule has 0 aliphatic heterocycles. The van der Waals surface area contributed by atoms with E-state index in [1.54, 1.807) is 6.20 Å². The van der Waals surface area contributed by atoms with Gasteiger partial charge in [0.05, 0.1) is 18.1 Å². The van der Waals surface area contributed by atoms with Crippen molar-refractivity contribution in [2.45, 2.75) is 13.3 Å². The molecule has 3 nitrogen and oxygen atoms in total. The van der Waals surface area contributed by atoms with Crippen molar-refractivity contribution in [3.8, 4) is 5.69 Å². The highest BCUT2D eigenvalue weighted by Crippen LogP contribution is 2.19. The van der Waals surface area contributed by atoms with Crippen LogP contribution in [0.3, 0.4) is 0 Å². The molecule has 0 atom stereocenters. The standard InChI is InChI=1S/C16H15N3/c1-13-7-8-16(19-10-9-17-18-19)15(11-13)12-14-5-3-2-4-6-14/h2-11H,12H2,1H3. The Morgan fingerprint density at radius 1 is 1.05 bits per heavy atom. The molecular weight excluding hydrogens is 234 g/mol. The average Bonchev–Trinajstić information content (AvgIpc) is 2.94. The van der Waals surface area contributed by atoms with Gasteiger partial charge >= 0.3 is 0 Å². The Balaban J connectivity index is 2.02. The van der Waals surface area contributed by atoms with Crippen molar-refractivity contribution < 1.29 is 0 Å². The van der Waals surface area contributed by atoms with E-state index in [2.05, 4.69) is 59.7 Å². The van der Waals surface area contributed by atoms with Gasteiger partial charge in [0, 0.05) is 0 Å². The molecule has 0 fully saturated rings. The topological polar surface area (TPSA) is 30.7 Å². The van der Waals surface area contributed by atoms with Crippen LogP contribution in [0.15, 0.2) is 60.9 Å². The van der Waals surface area contributed by atoms with Crippen LogP contribution in [0.25, 0.3) is 5.69 Å². The molecule has 0 amide bonds. The van der Waals surface area contributed by atoms with Crippen molar-refractivity contribution in [1.82, 2.24) is 15.0 Å². The van der Waals surface area contributed by atoms with Crippen LogP contribution in [0, 0.1) is 6.92 Å². The summed E-state index contributed by atoms with van der Waals surface area (Å²) in [5, 5.41) is 7.97. The normalized spacial score (nSPS) is 10.6. The average molecular weight is 249 g/mol. The van der Waals surface area contributed by atoms with Crippen molar-refractivity contribution in [2.75, 3.05) is 0 Å². The number of benzene rings is 2. The summed E-state index contributed by atoms with van der Waals surface area (Å²) in [6, 6.07) is 16.9. The zero-order valence-electron chi connectivity index (χ0n) is 10.8. The lowest BCUT2D eigenvalue weighted by Crippen LogP contribution is -2.02. The molecule has 0 radical (unpaired) electrons. The SMILES string of the molecule is Cc1ccc(-n2ccnn2)c(Cc2ccccc2)c1. The van der Waals surface area contributed by atoms with E-state index in [0.29, 0.717) is 0 Å². The molecule has 0 aliphatic carbocycles. The van der Waals surface area contributed by atoms with Crippen molar-refractivity contribution in [3.63, 3.8) is 0 Å². The van der Waals surface area contributed by atoms with Gasteiger partial charge in [-0.05, 0) is 30.5 Å². The highest BCUT2D eigenvalue weighted by Gasteiger charge is 2.06. The minimum absolute atomic E-state index is 0.901. The van der Waals surface area contributed by atoms with Crippen molar-refractivity contribution in [2.24, 2.45) is 0 Å². The summed E-state index contributed by atoms with van der Waals surface area (Å²) in [6.45, 7) is 2.11. The Kier molecular flexibility index (Phi) is 3.11. The van der Waals surface area contributed by atoms with Gasteiger partial charge < -0.3 is 0 Å². The molecule has 0 aliphatic rings. The first-order chi connectivity index (χ1) is 9.33. The number of aryl methyl sites for hydroxylation is 1. The maximum atomic E-state index is 4.09. The second-order valence-corrected chi connectivity index (χ2v) is 4.64. The van der Waals surface area contributed by atoms with E-state index in [0.717, 1.165) is 12.1 Å². The van der Waals surface area contributed by atoms with E-state index in [4.69, 9.17) is 0 Å². The molecule has 2 aromatic carbocycles. The molecule has 3 heteroatoms. The van der Waals surface area contributed by atoms with Gasteiger partial charge in [0.1, 0.15) is 0 Å². The molecule has 0 spiro atoms.